The van der Waals surface area contributed by atoms with Crippen molar-refractivity contribution in [2.45, 2.75) is 9.79 Å². The van der Waals surface area contributed by atoms with Crippen LogP contribution >= 0.6 is 138 Å². The third kappa shape index (κ3) is 7.64. The molecule has 2 rings (SSSR count). The van der Waals surface area contributed by atoms with Crippen LogP contribution in [0, 0.1) is 0 Å². The Bertz CT molecular complexity index is 1570. The molecule has 0 bridgehead atoms. The summed E-state index contributed by atoms with van der Waals surface area (Å²) in [5.74, 6) is 0. The van der Waals surface area contributed by atoms with Crippen molar-refractivity contribution >= 4 is 190 Å². The van der Waals surface area contributed by atoms with Crippen LogP contribution in [0.3, 0.4) is 0 Å². The maximum Gasteiger partial charge on any atom is 0.254 e. The maximum absolute atomic E-state index is 12.6. The molecule has 0 heterocycles. The summed E-state index contributed by atoms with van der Waals surface area (Å²) in [6, 6.07) is 0. The molecule has 0 atom stereocenters. The van der Waals surface area contributed by atoms with E-state index in [1.165, 1.54) is 0 Å². The van der Waals surface area contributed by atoms with Crippen molar-refractivity contribution in [2.24, 2.45) is 0 Å². The van der Waals surface area contributed by atoms with Crippen LogP contribution in [0.5, 0.6) is 0 Å². The topological polar surface area (TPSA) is 171 Å². The van der Waals surface area contributed by atoms with Gasteiger partial charge in [-0.3, -0.25) is 47.9 Å². The first-order chi connectivity index (χ1) is 20.2. The molecule has 0 radical (unpaired) electrons. The van der Waals surface area contributed by atoms with Gasteiger partial charge in [-0.25, -0.2) is 0 Å². The van der Waals surface area contributed by atoms with Gasteiger partial charge in [0.25, 0.3) is 52.4 Å². The Morgan fingerprint density at radius 3 is 0.477 bits per heavy atom. The lowest BCUT2D eigenvalue weighted by Crippen LogP contribution is -2.20. The van der Waals surface area contributed by atoms with Gasteiger partial charge in [0, 0.05) is 9.79 Å². The highest BCUT2D eigenvalue weighted by molar-refractivity contribution is 8.76. The van der Waals surface area contributed by atoms with E-state index >= 15 is 0 Å². The Labute approximate surface area is 300 Å². The number of halogens is 10. The minimum Gasteiger partial charge on any atom is -0.276 e. The lowest BCUT2D eigenvalue weighted by atomic mass is 9.93. The molecule has 0 saturated carbocycles. The SMILES string of the molecule is O=C(Cl)c1c(SSc2c(C(=O)Cl)c(C(=O)Cl)c(C(=O)Cl)c(C(=O)Cl)c2C(=O)Cl)c(C(=O)Cl)c(C(=O)Cl)c(C(=O)Cl)c1C(=O)Cl. The lowest BCUT2D eigenvalue weighted by Gasteiger charge is -2.21. The Hall–Kier alpha value is -1.26. The molecule has 0 unspecified atom stereocenters. The van der Waals surface area contributed by atoms with Gasteiger partial charge in [-0.05, 0) is 116 Å². The van der Waals surface area contributed by atoms with Gasteiger partial charge in [0.05, 0.1) is 55.6 Å². The summed E-state index contributed by atoms with van der Waals surface area (Å²) in [5.41, 5.74) is -11.0. The van der Waals surface area contributed by atoms with Gasteiger partial charge in [-0.2, -0.15) is 0 Å². The van der Waals surface area contributed by atoms with Crippen molar-refractivity contribution < 1.29 is 47.9 Å². The fraction of sp³-hybridized carbons (Fsp3) is 0. The van der Waals surface area contributed by atoms with Crippen LogP contribution in [0.2, 0.25) is 0 Å². The molecular weight excluding hydrogens is 843 g/mol. The average Bonchev–Trinajstić information content (AvgIpc) is 2.87. The van der Waals surface area contributed by atoms with Gasteiger partial charge in [0.2, 0.25) is 0 Å². The fourth-order valence-electron chi connectivity index (χ4n) is 3.63. The first kappa shape index (κ1) is 38.9. The zero-order valence-corrected chi connectivity index (χ0v) is 28.9. The van der Waals surface area contributed by atoms with E-state index in [1.807, 2.05) is 0 Å². The highest BCUT2D eigenvalue weighted by atomic mass is 35.5. The standard InChI is InChI=1S/C22Cl10O10S2/c23-13(33)1-3(15(25)35)7(19(29)39)11(8(20(30)40)4(1)16(26)36)43-44-12-9(21(31)41)5(17(27)37)2(14(24)34)6(18(28)38)10(12)22(32)42. The second-order valence-corrected chi connectivity index (χ2v) is 12.9. The largest absolute Gasteiger partial charge is 0.276 e. The normalized spacial score (nSPS) is 10.7. The molecule has 0 spiro atoms. The van der Waals surface area contributed by atoms with Crippen molar-refractivity contribution in [3.05, 3.63) is 55.6 Å². The van der Waals surface area contributed by atoms with E-state index in [2.05, 4.69) is 0 Å². The number of benzene rings is 2. The summed E-state index contributed by atoms with van der Waals surface area (Å²) in [6.07, 6.45) is 0. The Morgan fingerprint density at radius 1 is 0.250 bits per heavy atom. The Kier molecular flexibility index (Phi) is 13.8. The molecule has 0 saturated heterocycles. The van der Waals surface area contributed by atoms with Crippen molar-refractivity contribution in [1.82, 2.24) is 0 Å². The number of carbonyl (C=O) groups excluding carboxylic acids is 10. The van der Waals surface area contributed by atoms with E-state index in [-0.39, 0.29) is 21.6 Å². The first-order valence-corrected chi connectivity index (χ1v) is 15.9. The van der Waals surface area contributed by atoms with E-state index in [0.717, 1.165) is 0 Å². The van der Waals surface area contributed by atoms with Crippen molar-refractivity contribution in [2.75, 3.05) is 0 Å². The molecule has 0 aliphatic heterocycles. The van der Waals surface area contributed by atoms with E-state index in [1.54, 1.807) is 0 Å². The van der Waals surface area contributed by atoms with Gasteiger partial charge < -0.3 is 0 Å². The zero-order valence-electron chi connectivity index (χ0n) is 19.7. The van der Waals surface area contributed by atoms with Gasteiger partial charge in [0.15, 0.2) is 0 Å². The number of hydrogen-bond acceptors (Lipinski definition) is 12. The second-order valence-electron chi connectivity index (χ2n) is 7.31. The van der Waals surface area contributed by atoms with Crippen LogP contribution in [-0.4, -0.2) is 52.4 Å². The molecule has 0 amide bonds. The highest BCUT2D eigenvalue weighted by Gasteiger charge is 2.39. The minimum absolute atomic E-state index is 0.0668. The van der Waals surface area contributed by atoms with Gasteiger partial charge in [-0.1, -0.05) is 21.6 Å². The molecule has 2 aromatic carbocycles. The molecule has 2 aromatic rings. The summed E-state index contributed by atoms with van der Waals surface area (Å²) in [7, 11) is 0.134. The monoisotopic (exact) mass is 838 g/mol. The van der Waals surface area contributed by atoms with Crippen LogP contribution in [0.25, 0.3) is 0 Å². The summed E-state index contributed by atoms with van der Waals surface area (Å²) in [4.78, 5) is 123. The second kappa shape index (κ2) is 15.6. The fourth-order valence-corrected chi connectivity index (χ4v) is 8.53. The molecule has 10 nitrogen and oxygen atoms in total. The van der Waals surface area contributed by atoms with Crippen molar-refractivity contribution in [3.63, 3.8) is 0 Å². The first-order valence-electron chi connectivity index (χ1n) is 10.0. The molecule has 0 aliphatic rings. The average molecular weight is 843 g/mol. The predicted octanol–water partition coefficient (Wildman–Crippen LogP) is 8.28. The molecule has 0 aliphatic carbocycles. The van der Waals surface area contributed by atoms with Crippen LogP contribution in [0.1, 0.15) is 104 Å². The van der Waals surface area contributed by atoms with Gasteiger partial charge in [0.1, 0.15) is 0 Å². The van der Waals surface area contributed by atoms with Crippen LogP contribution in [0.4, 0.5) is 0 Å². The molecule has 0 N–H and O–H groups in total. The van der Waals surface area contributed by atoms with Crippen molar-refractivity contribution in [3.8, 4) is 0 Å². The van der Waals surface area contributed by atoms with Crippen LogP contribution < -0.4 is 0 Å². The third-order valence-corrected chi connectivity index (χ3v) is 9.46. The van der Waals surface area contributed by atoms with E-state index in [9.17, 15) is 47.9 Å². The van der Waals surface area contributed by atoms with Crippen molar-refractivity contribution in [1.29, 1.82) is 0 Å². The molecule has 44 heavy (non-hydrogen) atoms. The van der Waals surface area contributed by atoms with E-state index in [0.29, 0.717) is 0 Å². The highest BCUT2D eigenvalue weighted by Crippen LogP contribution is 2.50. The zero-order chi connectivity index (χ0) is 34.1. The summed E-state index contributed by atoms with van der Waals surface area (Å²) >= 11 is 55.9. The molecule has 22 heteroatoms. The molecule has 230 valence electrons. The maximum atomic E-state index is 12.6. The minimum atomic E-state index is -1.62. The lowest BCUT2D eigenvalue weighted by molar-refractivity contribution is 0.102. The van der Waals surface area contributed by atoms with Gasteiger partial charge in [-0.15, -0.1) is 0 Å². The molecular formula is C22Cl10O10S2. The smallest absolute Gasteiger partial charge is 0.254 e. The number of rotatable bonds is 13. The van der Waals surface area contributed by atoms with Crippen LogP contribution in [-0.2, 0) is 0 Å². The summed E-state index contributed by atoms with van der Waals surface area (Å²) in [6.45, 7) is 0. The van der Waals surface area contributed by atoms with Crippen LogP contribution in [0.15, 0.2) is 9.79 Å². The molecule has 0 aromatic heterocycles. The predicted molar refractivity (Wildman–Crippen MR) is 166 cm³/mol. The summed E-state index contributed by atoms with van der Waals surface area (Å²) in [5, 5.41) is -16.2. The third-order valence-electron chi connectivity index (χ3n) is 5.08. The van der Waals surface area contributed by atoms with E-state index < -0.39 is 118 Å². The number of hydrogen-bond donors (Lipinski definition) is 0. The number of carbonyl (C=O) groups is 10. The Morgan fingerprint density at radius 2 is 0.364 bits per heavy atom. The quantitative estimate of drug-likeness (QED) is 0.140. The Balaban J connectivity index is 3.32. The molecule has 0 fully saturated rings. The van der Waals surface area contributed by atoms with E-state index in [4.69, 9.17) is 116 Å². The summed E-state index contributed by atoms with van der Waals surface area (Å²) < 4.78 is 0. The van der Waals surface area contributed by atoms with Gasteiger partial charge >= 0.3 is 0 Å².